The van der Waals surface area contributed by atoms with Gasteiger partial charge < -0.3 is 4.90 Å². The number of benzene rings is 1. The van der Waals surface area contributed by atoms with E-state index in [0.717, 1.165) is 24.4 Å². The Morgan fingerprint density at radius 1 is 1.42 bits per heavy atom. The SMILES string of the molecule is Cc1cnc([C@@H]2CCCN(C(=O)c3ccc([N+](=O)[O-])cc3C)C2)s1. The second kappa shape index (κ2) is 6.68. The lowest BCUT2D eigenvalue weighted by Crippen LogP contribution is -2.39. The summed E-state index contributed by atoms with van der Waals surface area (Å²) in [7, 11) is 0. The second-order valence-electron chi connectivity index (χ2n) is 6.16. The van der Waals surface area contributed by atoms with Gasteiger partial charge in [-0.05, 0) is 38.3 Å². The van der Waals surface area contributed by atoms with Gasteiger partial charge in [0, 0.05) is 47.8 Å². The van der Waals surface area contributed by atoms with Gasteiger partial charge >= 0.3 is 0 Å². The minimum atomic E-state index is -0.441. The molecule has 1 aromatic heterocycles. The third-order valence-electron chi connectivity index (χ3n) is 4.35. The van der Waals surface area contributed by atoms with E-state index >= 15 is 0 Å². The van der Waals surface area contributed by atoms with E-state index in [1.165, 1.54) is 17.0 Å². The highest BCUT2D eigenvalue weighted by molar-refractivity contribution is 7.11. The summed E-state index contributed by atoms with van der Waals surface area (Å²) in [6.07, 6.45) is 3.86. The average molecular weight is 345 g/mol. The zero-order valence-corrected chi connectivity index (χ0v) is 14.5. The zero-order chi connectivity index (χ0) is 17.3. The van der Waals surface area contributed by atoms with E-state index < -0.39 is 4.92 Å². The average Bonchev–Trinajstić information content (AvgIpc) is 3.01. The van der Waals surface area contributed by atoms with Crippen LogP contribution in [0.2, 0.25) is 0 Å². The Bertz CT molecular complexity index is 787. The Hall–Kier alpha value is -2.28. The molecule has 0 N–H and O–H groups in total. The van der Waals surface area contributed by atoms with Crippen LogP contribution in [0.3, 0.4) is 0 Å². The minimum absolute atomic E-state index is 0.0128. The standard InChI is InChI=1S/C17H19N3O3S/c1-11-8-14(20(22)23)5-6-15(11)17(21)19-7-3-4-13(10-19)16-18-9-12(2)24-16/h5-6,8-9,13H,3-4,7,10H2,1-2H3/t13-/m1/s1. The zero-order valence-electron chi connectivity index (χ0n) is 13.7. The molecule has 3 rings (SSSR count). The van der Waals surface area contributed by atoms with Crippen molar-refractivity contribution < 1.29 is 9.72 Å². The monoisotopic (exact) mass is 345 g/mol. The van der Waals surface area contributed by atoms with E-state index in [1.807, 2.05) is 18.0 Å². The second-order valence-corrected chi connectivity index (χ2v) is 7.42. The number of nitrogens with zero attached hydrogens (tertiary/aromatic N) is 3. The number of rotatable bonds is 3. The molecule has 7 heteroatoms. The highest BCUT2D eigenvalue weighted by Gasteiger charge is 2.28. The van der Waals surface area contributed by atoms with Gasteiger partial charge in [0.05, 0.1) is 9.93 Å². The maximum absolute atomic E-state index is 12.8. The molecule has 0 unspecified atom stereocenters. The number of aromatic nitrogens is 1. The Balaban J connectivity index is 1.78. The molecular weight excluding hydrogens is 326 g/mol. The van der Waals surface area contributed by atoms with Crippen molar-refractivity contribution in [1.29, 1.82) is 0 Å². The molecule has 0 radical (unpaired) electrons. The fourth-order valence-corrected chi connectivity index (χ4v) is 4.00. The number of piperidine rings is 1. The van der Waals surface area contributed by atoms with Crippen LogP contribution in [0.25, 0.3) is 0 Å². The maximum Gasteiger partial charge on any atom is 0.269 e. The van der Waals surface area contributed by atoms with Crippen molar-refractivity contribution in [2.24, 2.45) is 0 Å². The van der Waals surface area contributed by atoms with E-state index in [9.17, 15) is 14.9 Å². The number of aryl methyl sites for hydroxylation is 2. The van der Waals surface area contributed by atoms with Gasteiger partial charge in [0.15, 0.2) is 0 Å². The number of carbonyl (C=O) groups is 1. The fraction of sp³-hybridized carbons (Fsp3) is 0.412. The molecule has 0 saturated carbocycles. The lowest BCUT2D eigenvalue weighted by molar-refractivity contribution is -0.384. The molecule has 1 amide bonds. The summed E-state index contributed by atoms with van der Waals surface area (Å²) in [5.74, 6) is 0.222. The van der Waals surface area contributed by atoms with Crippen LogP contribution in [0, 0.1) is 24.0 Å². The van der Waals surface area contributed by atoms with Crippen LogP contribution >= 0.6 is 11.3 Å². The number of hydrogen-bond acceptors (Lipinski definition) is 5. The highest BCUT2D eigenvalue weighted by Crippen LogP contribution is 2.31. The molecule has 1 aliphatic rings. The van der Waals surface area contributed by atoms with Crippen LogP contribution in [0.5, 0.6) is 0 Å². The molecule has 1 fully saturated rings. The first kappa shape index (κ1) is 16.6. The van der Waals surface area contributed by atoms with Gasteiger partial charge in [0.25, 0.3) is 11.6 Å². The third-order valence-corrected chi connectivity index (χ3v) is 5.42. The molecular formula is C17H19N3O3S. The maximum atomic E-state index is 12.8. The number of nitro benzene ring substituents is 1. The van der Waals surface area contributed by atoms with Crippen molar-refractivity contribution in [3.8, 4) is 0 Å². The molecule has 1 aromatic carbocycles. The van der Waals surface area contributed by atoms with E-state index in [0.29, 0.717) is 17.7 Å². The van der Waals surface area contributed by atoms with E-state index in [-0.39, 0.29) is 17.5 Å². The normalized spacial score (nSPS) is 17.8. The predicted octanol–water partition coefficient (Wildman–Crippen LogP) is 3.69. The molecule has 0 aliphatic carbocycles. The van der Waals surface area contributed by atoms with Crippen LogP contribution < -0.4 is 0 Å². The van der Waals surface area contributed by atoms with Crippen LogP contribution in [0.15, 0.2) is 24.4 Å². The lowest BCUT2D eigenvalue weighted by Gasteiger charge is -2.32. The van der Waals surface area contributed by atoms with Crippen molar-refractivity contribution in [3.63, 3.8) is 0 Å². The smallest absolute Gasteiger partial charge is 0.269 e. The van der Waals surface area contributed by atoms with Gasteiger partial charge in [-0.1, -0.05) is 0 Å². The summed E-state index contributed by atoms with van der Waals surface area (Å²) >= 11 is 1.69. The largest absolute Gasteiger partial charge is 0.338 e. The molecule has 24 heavy (non-hydrogen) atoms. The van der Waals surface area contributed by atoms with E-state index in [4.69, 9.17) is 0 Å². The van der Waals surface area contributed by atoms with Crippen molar-refractivity contribution in [2.75, 3.05) is 13.1 Å². The fourth-order valence-electron chi connectivity index (χ4n) is 3.10. The molecule has 1 saturated heterocycles. The van der Waals surface area contributed by atoms with Gasteiger partial charge in [-0.25, -0.2) is 4.98 Å². The van der Waals surface area contributed by atoms with Gasteiger partial charge in [-0.3, -0.25) is 14.9 Å². The van der Waals surface area contributed by atoms with Gasteiger partial charge in [-0.2, -0.15) is 0 Å². The number of carbonyl (C=O) groups excluding carboxylic acids is 1. The Labute approximate surface area is 144 Å². The van der Waals surface area contributed by atoms with E-state index in [1.54, 1.807) is 24.3 Å². The Morgan fingerprint density at radius 3 is 2.83 bits per heavy atom. The summed E-state index contributed by atoms with van der Waals surface area (Å²) < 4.78 is 0. The number of thiazole rings is 1. The minimum Gasteiger partial charge on any atom is -0.338 e. The van der Waals surface area contributed by atoms with E-state index in [2.05, 4.69) is 4.98 Å². The lowest BCUT2D eigenvalue weighted by atomic mass is 9.97. The summed E-state index contributed by atoms with van der Waals surface area (Å²) in [6.45, 7) is 5.15. The molecule has 6 nitrogen and oxygen atoms in total. The summed E-state index contributed by atoms with van der Waals surface area (Å²) in [5, 5.41) is 11.9. The summed E-state index contributed by atoms with van der Waals surface area (Å²) in [4.78, 5) is 30.7. The van der Waals surface area contributed by atoms with Crippen molar-refractivity contribution in [2.45, 2.75) is 32.6 Å². The van der Waals surface area contributed by atoms with Crippen LogP contribution in [0.4, 0.5) is 5.69 Å². The van der Waals surface area contributed by atoms with Gasteiger partial charge in [0.1, 0.15) is 0 Å². The Kier molecular flexibility index (Phi) is 4.62. The van der Waals surface area contributed by atoms with Crippen LogP contribution in [0.1, 0.15) is 44.6 Å². The molecule has 0 spiro atoms. The van der Waals surface area contributed by atoms with Crippen LogP contribution in [-0.2, 0) is 0 Å². The molecule has 1 aliphatic heterocycles. The van der Waals surface area contributed by atoms with Crippen molar-refractivity contribution >= 4 is 22.9 Å². The quantitative estimate of drug-likeness (QED) is 0.628. The van der Waals surface area contributed by atoms with Crippen molar-refractivity contribution in [3.05, 3.63) is 55.5 Å². The number of amides is 1. The first-order valence-electron chi connectivity index (χ1n) is 7.92. The van der Waals surface area contributed by atoms with Gasteiger partial charge in [-0.15, -0.1) is 11.3 Å². The molecule has 1 atom stereocenters. The Morgan fingerprint density at radius 2 is 2.21 bits per heavy atom. The first-order valence-corrected chi connectivity index (χ1v) is 8.74. The molecule has 0 bridgehead atoms. The summed E-state index contributed by atoms with van der Waals surface area (Å²) in [6, 6.07) is 4.41. The number of nitro groups is 1. The topological polar surface area (TPSA) is 76.3 Å². The highest BCUT2D eigenvalue weighted by atomic mass is 32.1. The summed E-state index contributed by atoms with van der Waals surface area (Å²) in [5.41, 5.74) is 1.19. The molecule has 2 heterocycles. The number of likely N-dealkylation sites (tertiary alicyclic amines) is 1. The predicted molar refractivity (Wildman–Crippen MR) is 92.6 cm³/mol. The molecule has 2 aromatic rings. The number of hydrogen-bond donors (Lipinski definition) is 0. The van der Waals surface area contributed by atoms with Crippen molar-refractivity contribution in [1.82, 2.24) is 9.88 Å². The van der Waals surface area contributed by atoms with Crippen LogP contribution in [-0.4, -0.2) is 33.8 Å². The number of non-ortho nitro benzene ring substituents is 1. The third kappa shape index (κ3) is 3.31. The van der Waals surface area contributed by atoms with Gasteiger partial charge in [0.2, 0.25) is 0 Å². The molecule has 126 valence electrons. The first-order chi connectivity index (χ1) is 11.5.